The predicted molar refractivity (Wildman–Crippen MR) is 99.9 cm³/mol. The van der Waals surface area contributed by atoms with Gasteiger partial charge in [0.05, 0.1) is 7.11 Å². The highest BCUT2D eigenvalue weighted by Crippen LogP contribution is 2.20. The van der Waals surface area contributed by atoms with Crippen molar-refractivity contribution in [2.75, 3.05) is 7.11 Å². The molecule has 0 aromatic heterocycles. The molecule has 0 aliphatic carbocycles. The molecule has 0 bridgehead atoms. The van der Waals surface area contributed by atoms with Gasteiger partial charge in [-0.25, -0.2) is 0 Å². The van der Waals surface area contributed by atoms with Crippen molar-refractivity contribution in [3.8, 4) is 5.75 Å². The number of hydrogen-bond acceptors (Lipinski definition) is 1. The van der Waals surface area contributed by atoms with Crippen LogP contribution in [-0.2, 0) is 0 Å². The lowest BCUT2D eigenvalue weighted by molar-refractivity contribution is 0.418. The van der Waals surface area contributed by atoms with E-state index < -0.39 is 0 Å². The van der Waals surface area contributed by atoms with Crippen LogP contribution < -0.4 is 26.0 Å². The largest absolute Gasteiger partial charge is 0.496 e. The first-order valence-electron chi connectivity index (χ1n) is 7.09. The molecule has 1 radical (unpaired) electrons. The summed E-state index contributed by atoms with van der Waals surface area (Å²) in [6, 6.07) is 28.6. The van der Waals surface area contributed by atoms with Crippen molar-refractivity contribution in [2.45, 2.75) is 0 Å². The monoisotopic (exact) mass is 323 g/mol. The average molecular weight is 323 g/mol. The fourth-order valence-electron chi connectivity index (χ4n) is 2.16. The second-order valence-electron chi connectivity index (χ2n) is 4.81. The van der Waals surface area contributed by atoms with Crippen molar-refractivity contribution >= 4 is 38.4 Å². The smallest absolute Gasteiger partial charge is 0.127 e. The van der Waals surface area contributed by atoms with Gasteiger partial charge >= 0.3 is 0 Å². The van der Waals surface area contributed by atoms with E-state index in [0.717, 1.165) is 5.75 Å². The topological polar surface area (TPSA) is 9.23 Å². The predicted octanol–water partition coefficient (Wildman–Crippen LogP) is 2.75. The van der Waals surface area contributed by atoms with Gasteiger partial charge in [0.25, 0.3) is 0 Å². The molecule has 2 atom stereocenters. The van der Waals surface area contributed by atoms with Crippen molar-refractivity contribution in [3.05, 3.63) is 78.9 Å². The highest BCUT2D eigenvalue weighted by Gasteiger charge is 2.06. The third kappa shape index (κ3) is 3.95. The van der Waals surface area contributed by atoms with Crippen LogP contribution in [0.3, 0.4) is 0 Å². The minimum absolute atomic E-state index is 0.593. The Labute approximate surface area is 135 Å². The first kappa shape index (κ1) is 15.2. The van der Waals surface area contributed by atoms with Gasteiger partial charge in [-0.3, -0.25) is 0 Å². The summed E-state index contributed by atoms with van der Waals surface area (Å²) in [6.45, 7) is 0. The number of rotatable bonds is 5. The van der Waals surface area contributed by atoms with Gasteiger partial charge in [0.2, 0.25) is 0 Å². The minimum Gasteiger partial charge on any atom is -0.496 e. The van der Waals surface area contributed by atoms with E-state index in [9.17, 15) is 0 Å². The Morgan fingerprint density at radius 2 is 1.41 bits per heavy atom. The van der Waals surface area contributed by atoms with E-state index in [-0.39, 0.29) is 0 Å². The van der Waals surface area contributed by atoms with Gasteiger partial charge in [-0.15, -0.1) is 0 Å². The molecule has 109 valence electrons. The number of hydrogen-bond donors (Lipinski definition) is 0. The van der Waals surface area contributed by atoms with Crippen LogP contribution in [0.5, 0.6) is 5.75 Å². The second-order valence-corrected chi connectivity index (χ2v) is 7.54. The number of benzene rings is 3. The van der Waals surface area contributed by atoms with Crippen LogP contribution in [0.1, 0.15) is 0 Å². The molecule has 3 heteroatoms. The summed E-state index contributed by atoms with van der Waals surface area (Å²) >= 11 is 0. The van der Waals surface area contributed by atoms with E-state index in [1.807, 2.05) is 12.1 Å². The van der Waals surface area contributed by atoms with Gasteiger partial charge in [-0.2, -0.15) is 0 Å². The molecular weight excluding hydrogens is 306 g/mol. The SMILES string of the molecule is COc1cc(Pc2ccccc2)[c]cc1Pc1ccccc1. The first-order chi connectivity index (χ1) is 10.8. The zero-order valence-electron chi connectivity index (χ0n) is 12.3. The Kier molecular flexibility index (Phi) is 5.22. The van der Waals surface area contributed by atoms with E-state index in [1.54, 1.807) is 7.11 Å². The molecule has 0 saturated heterocycles. The lowest BCUT2D eigenvalue weighted by Crippen LogP contribution is -2.12. The van der Waals surface area contributed by atoms with Gasteiger partial charge in [0, 0.05) is 5.30 Å². The summed E-state index contributed by atoms with van der Waals surface area (Å²) in [5.41, 5.74) is 0. The summed E-state index contributed by atoms with van der Waals surface area (Å²) < 4.78 is 5.59. The fraction of sp³-hybridized carbons (Fsp3) is 0.0526. The van der Waals surface area contributed by atoms with E-state index in [2.05, 4.69) is 66.7 Å². The van der Waals surface area contributed by atoms with Crippen molar-refractivity contribution in [3.63, 3.8) is 0 Å². The van der Waals surface area contributed by atoms with Crippen LogP contribution in [0.2, 0.25) is 0 Å². The number of ether oxygens (including phenoxy) is 1. The highest BCUT2D eigenvalue weighted by molar-refractivity contribution is 7.56. The third-order valence-corrected chi connectivity index (χ3v) is 5.70. The standard InChI is InChI=1S/C19H17OP2/c1-20-18-14-17(21-15-8-4-2-5-9-15)12-13-19(18)22-16-10-6-3-7-11-16/h2-11,13-14,21-22H,1H3. The van der Waals surface area contributed by atoms with Gasteiger partial charge in [-0.05, 0) is 34.1 Å². The fourth-order valence-corrected chi connectivity index (χ4v) is 4.29. The second kappa shape index (κ2) is 7.54. The Morgan fingerprint density at radius 3 is 2.00 bits per heavy atom. The normalized spacial score (nSPS) is 11.5. The molecule has 0 saturated carbocycles. The Morgan fingerprint density at radius 1 is 0.818 bits per heavy atom. The van der Waals surface area contributed by atoms with Crippen LogP contribution >= 0.6 is 17.2 Å². The third-order valence-electron chi connectivity index (χ3n) is 3.24. The van der Waals surface area contributed by atoms with Crippen molar-refractivity contribution in [1.82, 2.24) is 0 Å². The summed E-state index contributed by atoms with van der Waals surface area (Å²) in [6.07, 6.45) is 0. The molecule has 0 spiro atoms. The maximum atomic E-state index is 5.59. The minimum atomic E-state index is 0.593. The lowest BCUT2D eigenvalue weighted by atomic mass is 10.3. The van der Waals surface area contributed by atoms with Crippen molar-refractivity contribution in [1.29, 1.82) is 0 Å². The lowest BCUT2D eigenvalue weighted by Gasteiger charge is -2.11. The zero-order valence-corrected chi connectivity index (χ0v) is 14.3. The molecule has 3 aromatic rings. The molecule has 0 fully saturated rings. The average Bonchev–Trinajstić information content (AvgIpc) is 2.58. The van der Waals surface area contributed by atoms with E-state index in [0.29, 0.717) is 17.2 Å². The Bertz CT molecular complexity index is 727. The van der Waals surface area contributed by atoms with E-state index >= 15 is 0 Å². The van der Waals surface area contributed by atoms with E-state index in [1.165, 1.54) is 21.2 Å². The Hall–Kier alpha value is -1.68. The maximum absolute atomic E-state index is 5.59. The molecule has 3 rings (SSSR count). The first-order valence-corrected chi connectivity index (χ1v) is 9.09. The van der Waals surface area contributed by atoms with Crippen LogP contribution in [0.25, 0.3) is 0 Å². The van der Waals surface area contributed by atoms with Gasteiger partial charge in [-0.1, -0.05) is 77.8 Å². The molecule has 22 heavy (non-hydrogen) atoms. The molecule has 3 aromatic carbocycles. The molecule has 1 nitrogen and oxygen atoms in total. The molecular formula is C19H17OP2. The summed E-state index contributed by atoms with van der Waals surface area (Å²) in [5.74, 6) is 0.958. The van der Waals surface area contributed by atoms with Gasteiger partial charge in [0.1, 0.15) is 5.75 Å². The molecule has 0 amide bonds. The number of methoxy groups -OCH3 is 1. The van der Waals surface area contributed by atoms with Gasteiger partial charge < -0.3 is 4.74 Å². The summed E-state index contributed by atoms with van der Waals surface area (Å²) in [7, 11) is 2.94. The quantitative estimate of drug-likeness (QED) is 0.656. The molecule has 0 aliphatic rings. The van der Waals surface area contributed by atoms with Crippen LogP contribution in [0.15, 0.2) is 72.8 Å². The highest BCUT2D eigenvalue weighted by atomic mass is 31.1. The van der Waals surface area contributed by atoms with Crippen molar-refractivity contribution in [2.24, 2.45) is 0 Å². The van der Waals surface area contributed by atoms with Crippen molar-refractivity contribution < 1.29 is 4.74 Å². The molecule has 0 heterocycles. The molecule has 2 unspecified atom stereocenters. The summed E-state index contributed by atoms with van der Waals surface area (Å²) in [5, 5.41) is 5.02. The van der Waals surface area contributed by atoms with Crippen LogP contribution in [0.4, 0.5) is 0 Å². The maximum Gasteiger partial charge on any atom is 0.127 e. The summed E-state index contributed by atoms with van der Waals surface area (Å²) in [4.78, 5) is 0. The molecule has 0 N–H and O–H groups in total. The molecule has 0 aliphatic heterocycles. The van der Waals surface area contributed by atoms with Crippen LogP contribution in [0, 0.1) is 6.07 Å². The Balaban J connectivity index is 1.81. The zero-order chi connectivity index (χ0) is 15.2. The van der Waals surface area contributed by atoms with Gasteiger partial charge in [0.15, 0.2) is 0 Å². The van der Waals surface area contributed by atoms with Crippen LogP contribution in [-0.4, -0.2) is 7.11 Å². The van der Waals surface area contributed by atoms with E-state index in [4.69, 9.17) is 4.74 Å².